The van der Waals surface area contributed by atoms with E-state index >= 15 is 0 Å². The first-order chi connectivity index (χ1) is 5.40. The molecule has 0 bridgehead atoms. The fourth-order valence-electron chi connectivity index (χ4n) is 1.45. The van der Waals surface area contributed by atoms with Crippen LogP contribution < -0.4 is 0 Å². The van der Waals surface area contributed by atoms with Crippen molar-refractivity contribution in [3.8, 4) is 0 Å². The molecule has 0 spiro atoms. The number of hydrogen-bond acceptors (Lipinski definition) is 3. The van der Waals surface area contributed by atoms with Crippen LogP contribution in [0.1, 0.15) is 12.8 Å². The van der Waals surface area contributed by atoms with Crippen molar-refractivity contribution in [1.29, 1.82) is 0 Å². The highest BCUT2D eigenvalue weighted by molar-refractivity contribution is 4.84. The van der Waals surface area contributed by atoms with Crippen LogP contribution in [0.4, 0.5) is 0 Å². The smallest absolute Gasteiger partial charge is 0.104 e. The monoisotopic (exact) mass is 158 g/mol. The maximum atomic E-state index is 8.81. The number of aliphatic hydroxyl groups excluding tert-OH is 1. The van der Waals surface area contributed by atoms with E-state index in [0.29, 0.717) is 12.5 Å². The van der Waals surface area contributed by atoms with Crippen LogP contribution >= 0.6 is 0 Å². The van der Waals surface area contributed by atoms with Crippen molar-refractivity contribution < 1.29 is 14.6 Å². The number of ether oxygens (including phenoxy) is 2. The van der Waals surface area contributed by atoms with E-state index in [-0.39, 0.29) is 18.8 Å². The van der Waals surface area contributed by atoms with E-state index in [1.165, 1.54) is 12.8 Å². The first-order valence-electron chi connectivity index (χ1n) is 4.24. The van der Waals surface area contributed by atoms with Crippen LogP contribution in [0.3, 0.4) is 0 Å². The second-order valence-corrected chi connectivity index (χ2v) is 3.35. The topological polar surface area (TPSA) is 38.7 Å². The van der Waals surface area contributed by atoms with Crippen LogP contribution in [-0.2, 0) is 9.47 Å². The molecular weight excluding hydrogens is 144 g/mol. The second-order valence-electron chi connectivity index (χ2n) is 3.35. The number of rotatable bonds is 2. The molecule has 0 radical (unpaired) electrons. The average Bonchev–Trinajstić information content (AvgIpc) is 2.87. The lowest BCUT2D eigenvalue weighted by atomic mass is 10.2. The van der Waals surface area contributed by atoms with E-state index in [1.807, 2.05) is 0 Å². The van der Waals surface area contributed by atoms with Gasteiger partial charge in [-0.2, -0.15) is 0 Å². The Kier molecular flexibility index (Phi) is 2.11. The maximum absolute atomic E-state index is 8.81. The van der Waals surface area contributed by atoms with Crippen molar-refractivity contribution in [3.05, 3.63) is 0 Å². The van der Waals surface area contributed by atoms with Gasteiger partial charge < -0.3 is 14.6 Å². The van der Waals surface area contributed by atoms with Crippen molar-refractivity contribution in [2.24, 2.45) is 5.92 Å². The van der Waals surface area contributed by atoms with E-state index < -0.39 is 0 Å². The zero-order chi connectivity index (χ0) is 7.68. The Bertz CT molecular complexity index is 133. The minimum atomic E-state index is -0.0747. The first-order valence-corrected chi connectivity index (χ1v) is 4.24. The van der Waals surface area contributed by atoms with Crippen molar-refractivity contribution >= 4 is 0 Å². The van der Waals surface area contributed by atoms with Crippen molar-refractivity contribution in [1.82, 2.24) is 0 Å². The van der Waals surface area contributed by atoms with Gasteiger partial charge in [-0.3, -0.25) is 0 Å². The molecule has 2 atom stereocenters. The summed E-state index contributed by atoms with van der Waals surface area (Å²) in [6, 6.07) is 0. The zero-order valence-corrected chi connectivity index (χ0v) is 6.53. The summed E-state index contributed by atoms with van der Waals surface area (Å²) in [4.78, 5) is 0. The third-order valence-electron chi connectivity index (χ3n) is 2.30. The Morgan fingerprint density at radius 1 is 1.27 bits per heavy atom. The minimum absolute atomic E-state index is 0.0747. The highest BCUT2D eigenvalue weighted by Crippen LogP contribution is 2.36. The van der Waals surface area contributed by atoms with Gasteiger partial charge in [-0.15, -0.1) is 0 Å². The number of aliphatic hydroxyl groups is 1. The minimum Gasteiger partial charge on any atom is -0.394 e. The van der Waals surface area contributed by atoms with Crippen molar-refractivity contribution in [3.63, 3.8) is 0 Å². The average molecular weight is 158 g/mol. The quantitative estimate of drug-likeness (QED) is 0.622. The normalized spacial score (nSPS) is 39.0. The molecule has 1 saturated carbocycles. The van der Waals surface area contributed by atoms with Gasteiger partial charge in [0.25, 0.3) is 0 Å². The lowest BCUT2D eigenvalue weighted by Crippen LogP contribution is -2.39. The fourth-order valence-corrected chi connectivity index (χ4v) is 1.45. The highest BCUT2D eigenvalue weighted by Gasteiger charge is 2.35. The van der Waals surface area contributed by atoms with Crippen LogP contribution in [-0.4, -0.2) is 37.1 Å². The van der Waals surface area contributed by atoms with E-state index in [2.05, 4.69) is 0 Å². The van der Waals surface area contributed by atoms with Gasteiger partial charge >= 0.3 is 0 Å². The molecule has 3 nitrogen and oxygen atoms in total. The third-order valence-corrected chi connectivity index (χ3v) is 2.30. The molecule has 11 heavy (non-hydrogen) atoms. The standard InChI is InChI=1S/C8H14O3/c9-3-7-4-10-5-8(11-7)6-1-2-6/h6-9H,1-5H2/t7-,8+/m1/s1. The second kappa shape index (κ2) is 3.09. The molecule has 0 amide bonds. The van der Waals surface area contributed by atoms with Gasteiger partial charge in [0.2, 0.25) is 0 Å². The first kappa shape index (κ1) is 7.53. The van der Waals surface area contributed by atoms with Crippen LogP contribution in [0.2, 0.25) is 0 Å². The predicted molar refractivity (Wildman–Crippen MR) is 39.3 cm³/mol. The Morgan fingerprint density at radius 3 is 2.73 bits per heavy atom. The van der Waals surface area contributed by atoms with Crippen LogP contribution in [0.25, 0.3) is 0 Å². The van der Waals surface area contributed by atoms with Gasteiger partial charge in [-0.05, 0) is 18.8 Å². The van der Waals surface area contributed by atoms with E-state index in [4.69, 9.17) is 14.6 Å². The molecule has 2 aliphatic rings. The SMILES string of the molecule is OC[C@@H]1COC[C@@H](C2CC2)O1. The lowest BCUT2D eigenvalue weighted by molar-refractivity contribution is -0.156. The predicted octanol–water partition coefficient (Wildman–Crippen LogP) is 0.173. The van der Waals surface area contributed by atoms with Gasteiger partial charge in [-0.1, -0.05) is 0 Å². The molecule has 0 aromatic heterocycles. The summed E-state index contributed by atoms with van der Waals surface area (Å²) in [5, 5.41) is 8.81. The third kappa shape index (κ3) is 1.72. The van der Waals surface area contributed by atoms with E-state index in [9.17, 15) is 0 Å². The Hall–Kier alpha value is -0.120. The summed E-state index contributed by atoms with van der Waals surface area (Å²) in [7, 11) is 0. The van der Waals surface area contributed by atoms with Gasteiger partial charge in [0.15, 0.2) is 0 Å². The molecule has 1 aliphatic carbocycles. The molecule has 0 aromatic rings. The van der Waals surface area contributed by atoms with Gasteiger partial charge in [0, 0.05) is 0 Å². The van der Waals surface area contributed by atoms with Crippen molar-refractivity contribution in [2.75, 3.05) is 19.8 Å². The summed E-state index contributed by atoms with van der Waals surface area (Å²) >= 11 is 0. The molecule has 0 unspecified atom stereocenters. The lowest BCUT2D eigenvalue weighted by Gasteiger charge is -2.28. The molecule has 3 heteroatoms. The summed E-state index contributed by atoms with van der Waals surface area (Å²) in [5.74, 6) is 0.712. The summed E-state index contributed by atoms with van der Waals surface area (Å²) in [6.07, 6.45) is 2.73. The molecular formula is C8H14O3. The largest absolute Gasteiger partial charge is 0.394 e. The molecule has 1 saturated heterocycles. The fraction of sp³-hybridized carbons (Fsp3) is 1.00. The Morgan fingerprint density at radius 2 is 2.09 bits per heavy atom. The van der Waals surface area contributed by atoms with Crippen LogP contribution in [0.15, 0.2) is 0 Å². The molecule has 0 aromatic carbocycles. The number of hydrogen-bond donors (Lipinski definition) is 1. The Labute approximate surface area is 66.3 Å². The zero-order valence-electron chi connectivity index (χ0n) is 6.53. The molecule has 1 heterocycles. The molecule has 1 N–H and O–H groups in total. The van der Waals surface area contributed by atoms with E-state index in [0.717, 1.165) is 6.61 Å². The molecule has 2 fully saturated rings. The maximum Gasteiger partial charge on any atom is 0.104 e. The van der Waals surface area contributed by atoms with Crippen molar-refractivity contribution in [2.45, 2.75) is 25.0 Å². The van der Waals surface area contributed by atoms with Crippen LogP contribution in [0.5, 0.6) is 0 Å². The van der Waals surface area contributed by atoms with Gasteiger partial charge in [-0.25, -0.2) is 0 Å². The summed E-state index contributed by atoms with van der Waals surface area (Å²) in [6.45, 7) is 1.37. The van der Waals surface area contributed by atoms with E-state index in [1.54, 1.807) is 0 Å². The van der Waals surface area contributed by atoms with Crippen LogP contribution in [0, 0.1) is 5.92 Å². The highest BCUT2D eigenvalue weighted by atomic mass is 16.6. The molecule has 64 valence electrons. The van der Waals surface area contributed by atoms with Gasteiger partial charge in [0.05, 0.1) is 25.9 Å². The van der Waals surface area contributed by atoms with Gasteiger partial charge in [0.1, 0.15) is 6.10 Å². The summed E-state index contributed by atoms with van der Waals surface area (Å²) < 4.78 is 10.9. The molecule has 2 rings (SSSR count). The molecule has 1 aliphatic heterocycles. The Balaban J connectivity index is 1.82. The summed E-state index contributed by atoms with van der Waals surface area (Å²) in [5.41, 5.74) is 0.